The quantitative estimate of drug-likeness (QED) is 0.829. The van der Waals surface area contributed by atoms with Crippen LogP contribution in [0.3, 0.4) is 0 Å². The lowest BCUT2D eigenvalue weighted by molar-refractivity contribution is 0.181. The first-order chi connectivity index (χ1) is 9.29. The Morgan fingerprint density at radius 3 is 2.47 bits per heavy atom. The first kappa shape index (κ1) is 13.5. The summed E-state index contributed by atoms with van der Waals surface area (Å²) in [6, 6.07) is 13.0. The van der Waals surface area contributed by atoms with Gasteiger partial charge in [-0.2, -0.15) is 0 Å². The lowest BCUT2D eigenvalue weighted by Gasteiger charge is -2.21. The zero-order chi connectivity index (χ0) is 13.5. The minimum Gasteiger partial charge on any atom is -0.508 e. The summed E-state index contributed by atoms with van der Waals surface area (Å²) in [4.78, 5) is 6.33. The molecule has 0 bridgehead atoms. The van der Waals surface area contributed by atoms with E-state index in [1.165, 1.54) is 0 Å². The van der Waals surface area contributed by atoms with Crippen LogP contribution in [0.1, 0.15) is 11.3 Å². The van der Waals surface area contributed by atoms with Gasteiger partial charge in [0.05, 0.1) is 12.3 Å². The largest absolute Gasteiger partial charge is 0.508 e. The molecule has 19 heavy (non-hydrogen) atoms. The average Bonchev–Trinajstić information content (AvgIpc) is 2.43. The Labute approximate surface area is 113 Å². The molecular formula is C15H18N2O2. The summed E-state index contributed by atoms with van der Waals surface area (Å²) in [7, 11) is 0. The molecule has 1 aromatic carbocycles. The maximum absolute atomic E-state index is 9.79. The van der Waals surface area contributed by atoms with E-state index < -0.39 is 0 Å². The Hall–Kier alpha value is -1.91. The summed E-state index contributed by atoms with van der Waals surface area (Å²) in [6.45, 7) is 1.87. The van der Waals surface area contributed by atoms with Crippen LogP contribution in [0.2, 0.25) is 0 Å². The van der Waals surface area contributed by atoms with Crippen LogP contribution in [-0.2, 0) is 13.1 Å². The highest BCUT2D eigenvalue weighted by atomic mass is 16.3. The molecule has 4 nitrogen and oxygen atoms in total. The van der Waals surface area contributed by atoms with Gasteiger partial charge in [-0.25, -0.2) is 0 Å². The molecule has 0 saturated carbocycles. The molecule has 1 heterocycles. The van der Waals surface area contributed by atoms with Crippen molar-refractivity contribution in [3.8, 4) is 5.75 Å². The Balaban J connectivity index is 2.06. The normalized spacial score (nSPS) is 10.8. The molecule has 0 aliphatic heterocycles. The van der Waals surface area contributed by atoms with E-state index in [0.29, 0.717) is 19.6 Å². The minimum atomic E-state index is 0.0838. The van der Waals surface area contributed by atoms with Crippen LogP contribution >= 0.6 is 0 Å². The van der Waals surface area contributed by atoms with Crippen LogP contribution in [0.4, 0.5) is 0 Å². The molecule has 2 N–H and O–H groups in total. The molecule has 100 valence electrons. The second-order valence-electron chi connectivity index (χ2n) is 4.38. The van der Waals surface area contributed by atoms with Gasteiger partial charge in [-0.3, -0.25) is 9.88 Å². The predicted molar refractivity (Wildman–Crippen MR) is 73.5 cm³/mol. The molecule has 0 radical (unpaired) electrons. The first-order valence-electron chi connectivity index (χ1n) is 6.29. The third kappa shape index (κ3) is 4.05. The summed E-state index contributed by atoms with van der Waals surface area (Å²) in [5.41, 5.74) is 1.80. The monoisotopic (exact) mass is 258 g/mol. The number of para-hydroxylation sites is 1. The van der Waals surface area contributed by atoms with Gasteiger partial charge in [0.15, 0.2) is 0 Å². The number of pyridine rings is 1. The number of nitrogens with zero attached hydrogens (tertiary/aromatic N) is 2. The topological polar surface area (TPSA) is 56.6 Å². The number of rotatable bonds is 6. The van der Waals surface area contributed by atoms with E-state index in [0.717, 1.165) is 11.3 Å². The van der Waals surface area contributed by atoms with Gasteiger partial charge >= 0.3 is 0 Å². The fourth-order valence-electron chi connectivity index (χ4n) is 1.96. The van der Waals surface area contributed by atoms with Crippen molar-refractivity contribution in [2.75, 3.05) is 13.2 Å². The fourth-order valence-corrected chi connectivity index (χ4v) is 1.96. The lowest BCUT2D eigenvalue weighted by atomic mass is 10.2. The number of aliphatic hydroxyl groups is 1. The minimum absolute atomic E-state index is 0.0838. The summed E-state index contributed by atoms with van der Waals surface area (Å²) < 4.78 is 0. The molecule has 0 aliphatic carbocycles. The van der Waals surface area contributed by atoms with E-state index in [1.807, 2.05) is 30.3 Å². The number of hydrogen-bond acceptors (Lipinski definition) is 4. The molecule has 2 rings (SSSR count). The molecule has 0 spiro atoms. The number of aromatic hydroxyl groups is 1. The summed E-state index contributed by atoms with van der Waals surface area (Å²) >= 11 is 0. The Morgan fingerprint density at radius 2 is 1.79 bits per heavy atom. The van der Waals surface area contributed by atoms with Crippen LogP contribution in [0.15, 0.2) is 48.7 Å². The van der Waals surface area contributed by atoms with Crippen LogP contribution in [0.5, 0.6) is 5.75 Å². The molecule has 4 heteroatoms. The summed E-state index contributed by atoms with van der Waals surface area (Å²) in [5, 5.41) is 18.9. The van der Waals surface area contributed by atoms with E-state index in [4.69, 9.17) is 5.11 Å². The van der Waals surface area contributed by atoms with Crippen molar-refractivity contribution >= 4 is 0 Å². The third-order valence-corrected chi connectivity index (χ3v) is 2.91. The maximum Gasteiger partial charge on any atom is 0.120 e. The number of benzene rings is 1. The molecule has 0 fully saturated rings. The van der Waals surface area contributed by atoms with E-state index in [2.05, 4.69) is 9.88 Å². The Kier molecular flexibility index (Phi) is 4.89. The average molecular weight is 258 g/mol. The first-order valence-corrected chi connectivity index (χ1v) is 6.29. The molecule has 0 unspecified atom stereocenters. The van der Waals surface area contributed by atoms with Crippen LogP contribution in [0, 0.1) is 0 Å². The number of phenols is 1. The van der Waals surface area contributed by atoms with E-state index in [1.54, 1.807) is 18.3 Å². The van der Waals surface area contributed by atoms with Crippen LogP contribution in [0.25, 0.3) is 0 Å². The van der Waals surface area contributed by atoms with Gasteiger partial charge in [-0.05, 0) is 18.2 Å². The van der Waals surface area contributed by atoms with Crippen molar-refractivity contribution in [1.29, 1.82) is 0 Å². The molecule has 0 atom stereocenters. The molecule has 0 aliphatic rings. The second kappa shape index (κ2) is 6.87. The van der Waals surface area contributed by atoms with Crippen molar-refractivity contribution in [3.63, 3.8) is 0 Å². The van der Waals surface area contributed by atoms with Crippen molar-refractivity contribution in [1.82, 2.24) is 9.88 Å². The maximum atomic E-state index is 9.79. The Morgan fingerprint density at radius 1 is 1.00 bits per heavy atom. The third-order valence-electron chi connectivity index (χ3n) is 2.91. The van der Waals surface area contributed by atoms with Gasteiger partial charge in [0.2, 0.25) is 0 Å². The van der Waals surface area contributed by atoms with Crippen molar-refractivity contribution < 1.29 is 10.2 Å². The van der Waals surface area contributed by atoms with Gasteiger partial charge in [-0.15, -0.1) is 0 Å². The molecule has 0 saturated heterocycles. The van der Waals surface area contributed by atoms with Gasteiger partial charge in [0.25, 0.3) is 0 Å². The smallest absolute Gasteiger partial charge is 0.120 e. The molecular weight excluding hydrogens is 240 g/mol. The fraction of sp³-hybridized carbons (Fsp3) is 0.267. The zero-order valence-electron chi connectivity index (χ0n) is 10.7. The molecule has 2 aromatic rings. The Bertz CT molecular complexity index is 503. The predicted octanol–water partition coefficient (Wildman–Crippen LogP) is 1.78. The van der Waals surface area contributed by atoms with Gasteiger partial charge in [0.1, 0.15) is 5.75 Å². The number of phenolic OH excluding ortho intramolecular Hbond substituents is 1. The molecule has 1 aromatic heterocycles. The highest BCUT2D eigenvalue weighted by Crippen LogP contribution is 2.18. The van der Waals surface area contributed by atoms with E-state index >= 15 is 0 Å². The van der Waals surface area contributed by atoms with E-state index in [-0.39, 0.29) is 12.4 Å². The number of aliphatic hydroxyl groups excluding tert-OH is 1. The summed E-state index contributed by atoms with van der Waals surface area (Å²) in [6.07, 6.45) is 1.76. The van der Waals surface area contributed by atoms with Crippen LogP contribution in [-0.4, -0.2) is 33.2 Å². The number of hydrogen-bond donors (Lipinski definition) is 2. The van der Waals surface area contributed by atoms with E-state index in [9.17, 15) is 5.11 Å². The van der Waals surface area contributed by atoms with Crippen molar-refractivity contribution in [2.45, 2.75) is 13.1 Å². The highest BCUT2D eigenvalue weighted by molar-refractivity contribution is 5.31. The van der Waals surface area contributed by atoms with Crippen LogP contribution < -0.4 is 0 Å². The molecule has 0 amide bonds. The standard InChI is InChI=1S/C15H18N2O2/c18-10-9-17(12-14-6-3-4-8-16-14)11-13-5-1-2-7-15(13)19/h1-8,18-19H,9-12H2. The summed E-state index contributed by atoms with van der Waals surface area (Å²) in [5.74, 6) is 0.284. The highest BCUT2D eigenvalue weighted by Gasteiger charge is 2.09. The lowest BCUT2D eigenvalue weighted by Crippen LogP contribution is -2.26. The van der Waals surface area contributed by atoms with Gasteiger partial charge in [-0.1, -0.05) is 24.3 Å². The van der Waals surface area contributed by atoms with Gasteiger partial charge < -0.3 is 10.2 Å². The second-order valence-corrected chi connectivity index (χ2v) is 4.38. The van der Waals surface area contributed by atoms with Crippen molar-refractivity contribution in [3.05, 3.63) is 59.9 Å². The zero-order valence-corrected chi connectivity index (χ0v) is 10.7. The van der Waals surface area contributed by atoms with Gasteiger partial charge in [0, 0.05) is 31.4 Å². The van der Waals surface area contributed by atoms with Crippen molar-refractivity contribution in [2.24, 2.45) is 0 Å². The number of aromatic nitrogens is 1. The SMILES string of the molecule is OCCN(Cc1ccccn1)Cc1ccccc1O.